The van der Waals surface area contributed by atoms with E-state index in [2.05, 4.69) is 10.6 Å². The monoisotopic (exact) mass is 456 g/mol. The van der Waals surface area contributed by atoms with Gasteiger partial charge in [-0.2, -0.15) is 0 Å². The Morgan fingerprint density at radius 2 is 1.62 bits per heavy atom. The summed E-state index contributed by atoms with van der Waals surface area (Å²) in [6.45, 7) is 13.2. The van der Waals surface area contributed by atoms with Crippen molar-refractivity contribution in [3.8, 4) is 0 Å². The molecule has 4 N–H and O–H groups in total. The van der Waals surface area contributed by atoms with Crippen molar-refractivity contribution in [1.29, 1.82) is 0 Å². The van der Waals surface area contributed by atoms with Gasteiger partial charge in [0.2, 0.25) is 5.91 Å². The van der Waals surface area contributed by atoms with E-state index in [0.29, 0.717) is 25.2 Å². The number of aliphatic hydroxyl groups is 2. The SMILES string of the molecule is CCC(C)[C@H](NC(=O)OC(C)(C)C)C(=O)N[C@@H](CC1CCCCC1)[C@@H](O)[C@@H](O)CC(C)C. The van der Waals surface area contributed by atoms with Crippen LogP contribution in [0.3, 0.4) is 0 Å². The molecule has 0 aromatic heterocycles. The quantitative estimate of drug-likeness (QED) is 0.374. The molecule has 7 nitrogen and oxygen atoms in total. The molecule has 0 saturated heterocycles. The Bertz CT molecular complexity index is 569. The van der Waals surface area contributed by atoms with Gasteiger partial charge in [0, 0.05) is 0 Å². The summed E-state index contributed by atoms with van der Waals surface area (Å²) < 4.78 is 5.35. The Morgan fingerprint density at radius 3 is 2.12 bits per heavy atom. The van der Waals surface area contributed by atoms with Crippen molar-refractivity contribution in [1.82, 2.24) is 10.6 Å². The first-order valence-electron chi connectivity index (χ1n) is 12.5. The van der Waals surface area contributed by atoms with Gasteiger partial charge in [0.05, 0.1) is 12.1 Å². The van der Waals surface area contributed by atoms with Crippen LogP contribution in [0.2, 0.25) is 0 Å². The molecular formula is C25H48N2O5. The minimum Gasteiger partial charge on any atom is -0.444 e. The number of carbonyl (C=O) groups excluding carboxylic acids is 2. The summed E-state index contributed by atoms with van der Waals surface area (Å²) in [5.74, 6) is 0.181. The van der Waals surface area contributed by atoms with Crippen LogP contribution in [0.5, 0.6) is 0 Å². The van der Waals surface area contributed by atoms with Crippen LogP contribution in [-0.4, -0.2) is 52.1 Å². The molecular weight excluding hydrogens is 408 g/mol. The van der Waals surface area contributed by atoms with Crippen molar-refractivity contribution < 1.29 is 24.5 Å². The topological polar surface area (TPSA) is 108 Å². The summed E-state index contributed by atoms with van der Waals surface area (Å²) in [6, 6.07) is -1.34. The lowest BCUT2D eigenvalue weighted by Gasteiger charge is -2.34. The third-order valence-corrected chi connectivity index (χ3v) is 6.33. The Labute approximate surface area is 195 Å². The number of nitrogens with one attached hydrogen (secondary N) is 2. The van der Waals surface area contributed by atoms with Gasteiger partial charge in [0.15, 0.2) is 0 Å². The van der Waals surface area contributed by atoms with E-state index < -0.39 is 36.0 Å². The lowest BCUT2D eigenvalue weighted by Crippen LogP contribution is -2.57. The molecule has 1 unspecified atom stereocenters. The van der Waals surface area contributed by atoms with Crippen molar-refractivity contribution >= 4 is 12.0 Å². The first-order chi connectivity index (χ1) is 14.8. The van der Waals surface area contributed by atoms with Crippen LogP contribution >= 0.6 is 0 Å². The molecule has 0 aliphatic heterocycles. The molecule has 188 valence electrons. The maximum absolute atomic E-state index is 13.3. The molecule has 7 heteroatoms. The predicted molar refractivity (Wildman–Crippen MR) is 127 cm³/mol. The van der Waals surface area contributed by atoms with Crippen molar-refractivity contribution in [3.63, 3.8) is 0 Å². The fourth-order valence-electron chi connectivity index (χ4n) is 4.37. The van der Waals surface area contributed by atoms with Crippen LogP contribution in [-0.2, 0) is 9.53 Å². The largest absolute Gasteiger partial charge is 0.444 e. The third kappa shape index (κ3) is 10.5. The van der Waals surface area contributed by atoms with Crippen LogP contribution in [0.25, 0.3) is 0 Å². The zero-order chi connectivity index (χ0) is 24.5. The maximum Gasteiger partial charge on any atom is 0.408 e. The van der Waals surface area contributed by atoms with E-state index in [1.165, 1.54) is 6.42 Å². The van der Waals surface area contributed by atoms with Gasteiger partial charge in [-0.3, -0.25) is 4.79 Å². The number of carbonyl (C=O) groups is 2. The molecule has 1 saturated carbocycles. The predicted octanol–water partition coefficient (Wildman–Crippen LogP) is 4.15. The molecule has 32 heavy (non-hydrogen) atoms. The number of ether oxygens (including phenoxy) is 1. The Morgan fingerprint density at radius 1 is 1.03 bits per heavy atom. The van der Waals surface area contributed by atoms with E-state index in [9.17, 15) is 19.8 Å². The molecule has 1 aliphatic carbocycles. The van der Waals surface area contributed by atoms with E-state index in [0.717, 1.165) is 25.7 Å². The summed E-state index contributed by atoms with van der Waals surface area (Å²) in [4.78, 5) is 25.6. The van der Waals surface area contributed by atoms with Crippen LogP contribution in [0, 0.1) is 17.8 Å². The average Bonchev–Trinajstić information content (AvgIpc) is 2.69. The van der Waals surface area contributed by atoms with Gasteiger partial charge in [-0.05, 0) is 51.4 Å². The summed E-state index contributed by atoms with van der Waals surface area (Å²) in [7, 11) is 0. The van der Waals surface area contributed by atoms with Crippen LogP contribution in [0.1, 0.15) is 99.8 Å². The standard InChI is InChI=1S/C25H48N2O5/c1-8-17(4)21(27-24(31)32-25(5,6)7)23(30)26-19(15-18-12-10-9-11-13-18)22(29)20(28)14-16(2)3/h16-22,28-29H,8-15H2,1-7H3,(H,26,30)(H,27,31)/t17?,19-,20-,21-,22+/m0/s1. The zero-order valence-corrected chi connectivity index (χ0v) is 21.3. The molecule has 0 aromatic carbocycles. The minimum absolute atomic E-state index is 0.115. The molecule has 1 aliphatic rings. The van der Waals surface area contributed by atoms with Crippen molar-refractivity contribution in [2.45, 2.75) is 130 Å². The van der Waals surface area contributed by atoms with E-state index in [-0.39, 0.29) is 17.7 Å². The second kappa shape index (κ2) is 13.4. The van der Waals surface area contributed by atoms with E-state index in [4.69, 9.17) is 4.74 Å². The number of amides is 2. The highest BCUT2D eigenvalue weighted by molar-refractivity contribution is 5.86. The molecule has 0 radical (unpaired) electrons. The number of hydrogen-bond acceptors (Lipinski definition) is 5. The summed E-state index contributed by atoms with van der Waals surface area (Å²) >= 11 is 0. The fraction of sp³-hybridized carbons (Fsp3) is 0.920. The zero-order valence-electron chi connectivity index (χ0n) is 21.3. The average molecular weight is 457 g/mol. The molecule has 2 amide bonds. The highest BCUT2D eigenvalue weighted by atomic mass is 16.6. The summed E-state index contributed by atoms with van der Waals surface area (Å²) in [6.07, 6.45) is 4.87. The molecule has 5 atom stereocenters. The van der Waals surface area contributed by atoms with Crippen LogP contribution in [0.15, 0.2) is 0 Å². The second-order valence-electron chi connectivity index (χ2n) is 11.1. The van der Waals surface area contributed by atoms with Crippen LogP contribution < -0.4 is 10.6 Å². The van der Waals surface area contributed by atoms with Gasteiger partial charge < -0.3 is 25.6 Å². The summed E-state index contributed by atoms with van der Waals surface area (Å²) in [5, 5.41) is 27.2. The first kappa shape index (κ1) is 28.7. The lowest BCUT2D eigenvalue weighted by molar-refractivity contribution is -0.127. The van der Waals surface area contributed by atoms with E-state index in [1.54, 1.807) is 20.8 Å². The highest BCUT2D eigenvalue weighted by Crippen LogP contribution is 2.29. The summed E-state index contributed by atoms with van der Waals surface area (Å²) in [5.41, 5.74) is -0.665. The molecule has 1 rings (SSSR count). The number of rotatable bonds is 11. The van der Waals surface area contributed by atoms with Crippen molar-refractivity contribution in [3.05, 3.63) is 0 Å². The second-order valence-corrected chi connectivity index (χ2v) is 11.1. The molecule has 0 aromatic rings. The van der Waals surface area contributed by atoms with Crippen LogP contribution in [0.4, 0.5) is 4.79 Å². The number of hydrogen-bond donors (Lipinski definition) is 4. The molecule has 0 bridgehead atoms. The minimum atomic E-state index is -1.05. The molecule has 1 fully saturated rings. The van der Waals surface area contributed by atoms with Crippen molar-refractivity contribution in [2.24, 2.45) is 17.8 Å². The number of aliphatic hydroxyl groups excluding tert-OH is 2. The van der Waals surface area contributed by atoms with Gasteiger partial charge in [0.25, 0.3) is 0 Å². The fourth-order valence-corrected chi connectivity index (χ4v) is 4.37. The van der Waals surface area contributed by atoms with E-state index >= 15 is 0 Å². The Hall–Kier alpha value is -1.34. The first-order valence-corrected chi connectivity index (χ1v) is 12.5. The number of alkyl carbamates (subject to hydrolysis) is 1. The van der Waals surface area contributed by atoms with Gasteiger partial charge in [0.1, 0.15) is 17.7 Å². The normalized spacial score (nSPS) is 20.2. The lowest BCUT2D eigenvalue weighted by atomic mass is 9.82. The van der Waals surface area contributed by atoms with Gasteiger partial charge in [-0.1, -0.05) is 66.2 Å². The molecule has 0 heterocycles. The smallest absolute Gasteiger partial charge is 0.408 e. The van der Waals surface area contributed by atoms with Crippen molar-refractivity contribution in [2.75, 3.05) is 0 Å². The van der Waals surface area contributed by atoms with E-state index in [1.807, 2.05) is 27.7 Å². The highest BCUT2D eigenvalue weighted by Gasteiger charge is 2.35. The maximum atomic E-state index is 13.3. The van der Waals surface area contributed by atoms with Gasteiger partial charge in [-0.15, -0.1) is 0 Å². The Kier molecular flexibility index (Phi) is 12.0. The molecule has 0 spiro atoms. The van der Waals surface area contributed by atoms with Gasteiger partial charge in [-0.25, -0.2) is 4.79 Å². The third-order valence-electron chi connectivity index (χ3n) is 6.33. The van der Waals surface area contributed by atoms with Gasteiger partial charge >= 0.3 is 6.09 Å². The Balaban J connectivity index is 2.97.